The number of cyclic esters (lactones) is 1. The summed E-state index contributed by atoms with van der Waals surface area (Å²) in [4.78, 5) is 31.8. The lowest BCUT2D eigenvalue weighted by Crippen LogP contribution is -2.41. The Bertz CT molecular complexity index is 1600. The highest BCUT2D eigenvalue weighted by atomic mass is 31.0. The number of fused-ring (bicyclic) bond motifs is 5. The van der Waals surface area contributed by atoms with Gasteiger partial charge in [-0.25, -0.2) is 14.2 Å². The number of pyridine rings is 2. The monoisotopic (exact) mass is 523 g/mol. The highest BCUT2D eigenvalue weighted by Gasteiger charge is 2.45. The number of amides is 1. The summed E-state index contributed by atoms with van der Waals surface area (Å²) >= 11 is 0. The van der Waals surface area contributed by atoms with Crippen molar-refractivity contribution in [1.29, 1.82) is 0 Å². The van der Waals surface area contributed by atoms with E-state index < -0.39 is 23.7 Å². The number of hydrogen-bond acceptors (Lipinski definition) is 6. The van der Waals surface area contributed by atoms with Gasteiger partial charge in [0.2, 0.25) is 0 Å². The third-order valence-electron chi connectivity index (χ3n) is 8.16. The van der Waals surface area contributed by atoms with Crippen LogP contribution in [0, 0.1) is 17.8 Å². The minimum absolute atomic E-state index is 0.0230. The molecule has 10 heteroatoms. The number of carbonyl (C=O) groups is 2. The maximum Gasteiger partial charge on any atom is 0.343 e. The van der Waals surface area contributed by atoms with Gasteiger partial charge >= 0.3 is 5.97 Å². The van der Waals surface area contributed by atoms with E-state index >= 15 is 0 Å². The van der Waals surface area contributed by atoms with Crippen LogP contribution in [-0.2, 0) is 33.1 Å². The molecule has 0 aliphatic carbocycles. The van der Waals surface area contributed by atoms with Crippen LogP contribution in [0.2, 0.25) is 0 Å². The summed E-state index contributed by atoms with van der Waals surface area (Å²) in [6.07, 6.45) is -0.532. The van der Waals surface area contributed by atoms with E-state index in [2.05, 4.69) is 8.86 Å². The van der Waals surface area contributed by atoms with Crippen molar-refractivity contribution in [1.82, 2.24) is 14.5 Å². The van der Waals surface area contributed by atoms with E-state index in [9.17, 15) is 24.2 Å². The highest BCUT2D eigenvalue weighted by Crippen LogP contribution is 2.45. The van der Waals surface area contributed by atoms with E-state index in [0.717, 1.165) is 16.5 Å². The fraction of sp³-hybridized carbons (Fsp3) is 0.407. The first-order valence-corrected chi connectivity index (χ1v) is 12.9. The van der Waals surface area contributed by atoms with Crippen LogP contribution in [-0.4, -0.2) is 49.2 Å². The first-order chi connectivity index (χ1) is 17.6. The molecule has 6 rings (SSSR count). The van der Waals surface area contributed by atoms with Crippen molar-refractivity contribution in [3.05, 3.63) is 56.9 Å². The number of aliphatic hydroxyl groups is 2. The minimum atomic E-state index is -1.79. The van der Waals surface area contributed by atoms with Crippen LogP contribution < -0.4 is 0 Å². The Morgan fingerprint density at radius 1 is 1.30 bits per heavy atom. The predicted octanol–water partition coefficient (Wildman–Crippen LogP) is 3.50. The second-order valence-electron chi connectivity index (χ2n) is 10.1. The zero-order valence-corrected chi connectivity index (χ0v) is 21.8. The number of rotatable bonds is 3. The number of aliphatic hydroxyl groups excluding tert-OH is 1. The number of esters is 1. The van der Waals surface area contributed by atoms with Gasteiger partial charge in [-0.15, -0.1) is 0 Å². The number of likely N-dealkylation sites (tertiary alicyclic amines) is 1. The van der Waals surface area contributed by atoms with E-state index in [4.69, 9.17) is 9.72 Å². The Balaban J connectivity index is 1.64. The van der Waals surface area contributed by atoms with Gasteiger partial charge in [0.1, 0.15) is 18.5 Å². The highest BCUT2D eigenvalue weighted by molar-refractivity contribution is 7.07. The van der Waals surface area contributed by atoms with Gasteiger partial charge in [0.25, 0.3) is 5.91 Å². The molecule has 0 radical (unpaired) electrons. The van der Waals surface area contributed by atoms with Crippen LogP contribution >= 0.6 is 8.86 Å². The molecule has 3 aromatic rings. The predicted molar refractivity (Wildman–Crippen MR) is 135 cm³/mol. The van der Waals surface area contributed by atoms with Crippen molar-refractivity contribution in [3.63, 3.8) is 0 Å². The van der Waals surface area contributed by atoms with Gasteiger partial charge < -0.3 is 24.4 Å². The SMILES string of the molecule is CC[C@@]1(O)C(=O)OCc2c1cc1n(c2=P)Cc2c-1nc1cc(F)c(C)cc1c2[C@@H](C)N1CC[C@@H](O)C1=O. The number of hydrogen-bond donors (Lipinski definition) is 2. The Morgan fingerprint density at radius 2 is 2.05 bits per heavy atom. The average Bonchev–Trinajstić information content (AvgIpc) is 3.40. The molecule has 3 atom stereocenters. The van der Waals surface area contributed by atoms with E-state index in [-0.39, 0.29) is 24.8 Å². The molecule has 2 N–H and O–H groups in total. The fourth-order valence-electron chi connectivity index (χ4n) is 5.98. The molecule has 192 valence electrons. The molecule has 1 fully saturated rings. The van der Waals surface area contributed by atoms with Crippen LogP contribution in [0.4, 0.5) is 4.39 Å². The lowest BCUT2D eigenvalue weighted by molar-refractivity contribution is -0.172. The summed E-state index contributed by atoms with van der Waals surface area (Å²) in [6.45, 7) is 6.18. The van der Waals surface area contributed by atoms with Crippen LogP contribution in [0.3, 0.4) is 0 Å². The number of aryl methyl sites for hydroxylation is 1. The Hall–Kier alpha value is -3.13. The van der Waals surface area contributed by atoms with Gasteiger partial charge in [-0.05, 0) is 49.9 Å². The molecule has 3 aliphatic rings. The molecular weight excluding hydrogens is 496 g/mol. The maximum atomic E-state index is 14.7. The van der Waals surface area contributed by atoms with Crippen LogP contribution in [0.1, 0.15) is 60.5 Å². The molecule has 3 aliphatic heterocycles. The average molecular weight is 524 g/mol. The molecule has 8 nitrogen and oxygen atoms in total. The first kappa shape index (κ1) is 24.2. The van der Waals surface area contributed by atoms with Gasteiger partial charge in [0.15, 0.2) is 5.60 Å². The molecule has 1 amide bonds. The van der Waals surface area contributed by atoms with Gasteiger partial charge in [0.05, 0.1) is 34.6 Å². The van der Waals surface area contributed by atoms with Crippen molar-refractivity contribution in [2.75, 3.05) is 6.54 Å². The summed E-state index contributed by atoms with van der Waals surface area (Å²) in [5.74, 6) is -1.40. The Morgan fingerprint density at radius 3 is 2.73 bits per heavy atom. The summed E-state index contributed by atoms with van der Waals surface area (Å²) in [6, 6.07) is 4.54. The molecule has 37 heavy (non-hydrogen) atoms. The lowest BCUT2D eigenvalue weighted by Gasteiger charge is -2.32. The molecule has 1 saturated heterocycles. The number of ether oxygens (including phenoxy) is 1. The molecule has 0 bridgehead atoms. The normalized spacial score (nSPS) is 23.2. The number of benzene rings is 1. The molecule has 0 spiro atoms. The maximum absolute atomic E-state index is 14.7. The van der Waals surface area contributed by atoms with Gasteiger partial charge in [-0.1, -0.05) is 15.8 Å². The largest absolute Gasteiger partial charge is 0.458 e. The number of aromatic nitrogens is 2. The standard InChI is InChI=1S/C27H27FN3O5P/c1-4-27(35)17-8-20-23-15(10-31(20)25(37)16(17)11-36-26(27)34)22(13(3)30-6-5-21(32)24(30)33)14-7-12(2)18(28)9-19(14)29-23/h7-9,13,21,32,35,37H,4-6,10-11H2,1-3H3/t13-,21-,27+/m1/s1. The smallest absolute Gasteiger partial charge is 0.343 e. The van der Waals surface area contributed by atoms with Crippen molar-refractivity contribution >= 4 is 31.6 Å². The quantitative estimate of drug-likeness (QED) is 0.315. The Labute approximate surface area is 214 Å². The number of nitrogens with zero attached hydrogens (tertiary/aromatic N) is 3. The van der Waals surface area contributed by atoms with Crippen molar-refractivity contribution < 1.29 is 28.9 Å². The topological polar surface area (TPSA) is 105 Å². The van der Waals surface area contributed by atoms with Crippen LogP contribution in [0.15, 0.2) is 18.2 Å². The number of halogens is 1. The Kier molecular flexibility index (Phi) is 5.36. The number of carbonyl (C=O) groups excluding carboxylic acids is 2. The molecule has 2 aromatic heterocycles. The zero-order chi connectivity index (χ0) is 26.4. The third-order valence-corrected chi connectivity index (χ3v) is 8.73. The van der Waals surface area contributed by atoms with Crippen LogP contribution in [0.25, 0.3) is 22.3 Å². The van der Waals surface area contributed by atoms with Gasteiger partial charge in [-0.3, -0.25) is 4.79 Å². The van der Waals surface area contributed by atoms with E-state index in [1.807, 2.05) is 11.5 Å². The van der Waals surface area contributed by atoms with Gasteiger partial charge in [-0.2, -0.15) is 0 Å². The molecule has 0 saturated carbocycles. The minimum Gasteiger partial charge on any atom is -0.458 e. The molecule has 0 unspecified atom stereocenters. The summed E-state index contributed by atoms with van der Waals surface area (Å²) in [5.41, 5.74) is 3.25. The van der Waals surface area contributed by atoms with Crippen LogP contribution in [0.5, 0.6) is 0 Å². The summed E-state index contributed by atoms with van der Waals surface area (Å²) in [5, 5.41) is 22.8. The summed E-state index contributed by atoms with van der Waals surface area (Å²) in [7, 11) is 3.74. The van der Waals surface area contributed by atoms with Crippen molar-refractivity contribution in [2.24, 2.45) is 0 Å². The second-order valence-corrected chi connectivity index (χ2v) is 10.6. The molecular formula is C27H27FN3O5P. The molecule has 5 heterocycles. The molecule has 1 aromatic carbocycles. The van der Waals surface area contributed by atoms with Gasteiger partial charge in [0, 0.05) is 34.7 Å². The van der Waals surface area contributed by atoms with Crippen molar-refractivity contribution in [2.45, 2.75) is 64.5 Å². The van der Waals surface area contributed by atoms with E-state index in [0.29, 0.717) is 58.2 Å². The summed E-state index contributed by atoms with van der Waals surface area (Å²) < 4.78 is 22.0. The second kappa shape index (κ2) is 8.18. The fourth-order valence-corrected chi connectivity index (χ4v) is 6.39. The first-order valence-electron chi connectivity index (χ1n) is 12.4. The van der Waals surface area contributed by atoms with E-state index in [1.165, 1.54) is 6.07 Å². The lowest BCUT2D eigenvalue weighted by atomic mass is 9.86. The van der Waals surface area contributed by atoms with E-state index in [1.54, 1.807) is 30.9 Å². The van der Waals surface area contributed by atoms with Crippen molar-refractivity contribution in [3.8, 4) is 11.4 Å². The third kappa shape index (κ3) is 3.27. The zero-order valence-electron chi connectivity index (χ0n) is 20.8.